The Labute approximate surface area is 236 Å². The Morgan fingerprint density at radius 1 is 1.02 bits per heavy atom. The number of hydrogen-bond acceptors (Lipinski definition) is 7. The van der Waals surface area contributed by atoms with Crippen LogP contribution in [0.5, 0.6) is 0 Å². The maximum atomic E-state index is 13.7. The van der Waals surface area contributed by atoms with Crippen molar-refractivity contribution < 1.29 is 24.2 Å². The van der Waals surface area contributed by atoms with Crippen LogP contribution < -0.4 is 5.56 Å². The Morgan fingerprint density at radius 2 is 1.76 bits per heavy atom. The van der Waals surface area contributed by atoms with Crippen molar-refractivity contribution in [3.63, 3.8) is 0 Å². The summed E-state index contributed by atoms with van der Waals surface area (Å²) in [4.78, 5) is 60.0. The van der Waals surface area contributed by atoms with Crippen molar-refractivity contribution in [3.8, 4) is 11.4 Å². The third kappa shape index (κ3) is 3.07. The van der Waals surface area contributed by atoms with Gasteiger partial charge < -0.3 is 14.4 Å². The molecule has 0 bridgehead atoms. The van der Waals surface area contributed by atoms with Gasteiger partial charge in [-0.2, -0.15) is 0 Å². The third-order valence-electron chi connectivity index (χ3n) is 10.4. The Bertz CT molecular complexity index is 1780. The molecule has 0 radical (unpaired) electrons. The van der Waals surface area contributed by atoms with Gasteiger partial charge in [0.1, 0.15) is 6.61 Å². The van der Waals surface area contributed by atoms with Crippen LogP contribution in [0.3, 0.4) is 0 Å². The van der Waals surface area contributed by atoms with Gasteiger partial charge in [0.05, 0.1) is 46.9 Å². The number of carbonyl (C=O) groups excluding carboxylic acids is 3. The van der Waals surface area contributed by atoms with Crippen molar-refractivity contribution in [2.45, 2.75) is 83.6 Å². The van der Waals surface area contributed by atoms with E-state index in [1.54, 1.807) is 22.5 Å². The average molecular weight is 554 g/mol. The molecule has 9 heteroatoms. The number of carbonyl (C=O) groups is 3. The van der Waals surface area contributed by atoms with E-state index >= 15 is 0 Å². The first-order valence-corrected chi connectivity index (χ1v) is 14.7. The molecule has 8 rings (SSSR count). The van der Waals surface area contributed by atoms with E-state index in [2.05, 4.69) is 0 Å². The lowest BCUT2D eigenvalue weighted by molar-refractivity contribution is -0.172. The fraction of sp³-hybridized carbons (Fsp3) is 0.469. The van der Waals surface area contributed by atoms with Gasteiger partial charge >= 0.3 is 5.97 Å². The van der Waals surface area contributed by atoms with Gasteiger partial charge in [-0.25, -0.2) is 9.78 Å². The first kappa shape index (κ1) is 24.9. The minimum atomic E-state index is -1.88. The number of hydrogen-bond donors (Lipinski definition) is 1. The summed E-state index contributed by atoms with van der Waals surface area (Å²) in [5.41, 5.74) is 4.50. The van der Waals surface area contributed by atoms with Crippen molar-refractivity contribution in [2.24, 2.45) is 11.8 Å². The summed E-state index contributed by atoms with van der Waals surface area (Å²) in [6.07, 6.45) is 4.92. The first-order valence-electron chi connectivity index (χ1n) is 14.7. The molecule has 2 fully saturated rings. The predicted molar refractivity (Wildman–Crippen MR) is 148 cm³/mol. The van der Waals surface area contributed by atoms with Crippen LogP contribution in [0.15, 0.2) is 23.0 Å². The van der Waals surface area contributed by atoms with Gasteiger partial charge in [-0.3, -0.25) is 19.3 Å². The highest BCUT2D eigenvalue weighted by Gasteiger charge is 2.52. The number of esters is 1. The molecular weight excluding hydrogens is 522 g/mol. The maximum Gasteiger partial charge on any atom is 0.343 e. The molecule has 3 aromatic rings. The lowest BCUT2D eigenvalue weighted by Crippen LogP contribution is -2.44. The lowest BCUT2D eigenvalue weighted by Gasteiger charge is -2.34. The molecule has 5 aliphatic rings. The standard InChI is InChI=1S/C32H31N3O6/c1-3-32(40)21-12-24-27-19(13-34(24)28(36)20(21)14-41-31(32)39)16-9-11-23(25-15(2)8-10-22(33-27)26(16)25)35-29(37)17-6-4-5-7-18(17)30(35)38/h8,10,12,17-18,23,40H,3-7,9,11,13-14H2,1-2H3/t17?,18?,23?,32-/m0/s1. The number of aliphatic hydroxyl groups is 1. The number of aromatic nitrogens is 2. The predicted octanol–water partition coefficient (Wildman–Crippen LogP) is 3.55. The van der Waals surface area contributed by atoms with Crippen LogP contribution in [0.4, 0.5) is 0 Å². The van der Waals surface area contributed by atoms with Crippen molar-refractivity contribution in [2.75, 3.05) is 0 Å². The van der Waals surface area contributed by atoms with Gasteiger partial charge in [0.15, 0.2) is 5.60 Å². The first-order chi connectivity index (χ1) is 19.7. The molecule has 2 amide bonds. The van der Waals surface area contributed by atoms with Gasteiger partial charge in [-0.15, -0.1) is 0 Å². The Kier molecular flexibility index (Phi) is 5.07. The molecule has 5 heterocycles. The number of fused-ring (bicyclic) bond motifs is 6. The lowest BCUT2D eigenvalue weighted by atomic mass is 9.81. The normalized spacial score (nSPS) is 27.9. The second-order valence-electron chi connectivity index (χ2n) is 12.3. The average Bonchev–Trinajstić information content (AvgIpc) is 3.47. The number of cyclic esters (lactones) is 1. The molecule has 9 nitrogen and oxygen atoms in total. The van der Waals surface area contributed by atoms with Crippen LogP contribution in [0.25, 0.3) is 22.3 Å². The van der Waals surface area contributed by atoms with Crippen LogP contribution in [0.1, 0.15) is 84.9 Å². The second kappa shape index (κ2) is 8.35. The summed E-state index contributed by atoms with van der Waals surface area (Å²) in [6.45, 7) is 3.88. The summed E-state index contributed by atoms with van der Waals surface area (Å²) in [5.74, 6) is -1.18. The minimum absolute atomic E-state index is 0.0246. The molecule has 3 aliphatic heterocycles. The van der Waals surface area contributed by atoms with Crippen LogP contribution in [0, 0.1) is 18.8 Å². The third-order valence-corrected chi connectivity index (χ3v) is 10.4. The molecule has 4 atom stereocenters. The number of likely N-dealkylation sites (tertiary alicyclic amines) is 1. The molecule has 1 N–H and O–H groups in total. The van der Waals surface area contributed by atoms with Crippen molar-refractivity contribution in [3.05, 3.63) is 61.9 Å². The molecule has 1 saturated heterocycles. The molecule has 1 saturated carbocycles. The van der Waals surface area contributed by atoms with E-state index in [0.717, 1.165) is 58.8 Å². The highest BCUT2D eigenvalue weighted by Crippen LogP contribution is 2.49. The topological polar surface area (TPSA) is 119 Å². The number of imide groups is 1. The van der Waals surface area contributed by atoms with Crippen LogP contribution in [-0.4, -0.2) is 37.3 Å². The van der Waals surface area contributed by atoms with Crippen molar-refractivity contribution >= 4 is 28.7 Å². The highest BCUT2D eigenvalue weighted by atomic mass is 16.6. The summed E-state index contributed by atoms with van der Waals surface area (Å²) >= 11 is 0. The monoisotopic (exact) mass is 553 g/mol. The summed E-state index contributed by atoms with van der Waals surface area (Å²) in [5, 5.41) is 12.2. The maximum absolute atomic E-state index is 13.7. The Morgan fingerprint density at radius 3 is 2.46 bits per heavy atom. The zero-order valence-corrected chi connectivity index (χ0v) is 23.2. The van der Waals surface area contributed by atoms with Gasteiger partial charge in [0, 0.05) is 16.5 Å². The van der Waals surface area contributed by atoms with E-state index in [-0.39, 0.29) is 48.3 Å². The van der Waals surface area contributed by atoms with Crippen LogP contribution >= 0.6 is 0 Å². The second-order valence-corrected chi connectivity index (χ2v) is 12.3. The number of rotatable bonds is 2. The SMILES string of the molecule is CC[C@@]1(O)C(=O)OCc2c1cc1n(c2=O)Cc2c-1nc1ccc(C)c3c1c2CCC3N1C(=O)C2CCCCC2C1=O. The van der Waals surface area contributed by atoms with Gasteiger partial charge in [0.25, 0.3) is 5.56 Å². The van der Waals surface area contributed by atoms with Crippen molar-refractivity contribution in [1.82, 2.24) is 14.5 Å². The van der Waals surface area contributed by atoms with E-state index in [0.29, 0.717) is 41.9 Å². The molecule has 0 spiro atoms. The van der Waals surface area contributed by atoms with E-state index < -0.39 is 11.6 Å². The van der Waals surface area contributed by atoms with Gasteiger partial charge in [-0.1, -0.05) is 25.8 Å². The minimum Gasteiger partial charge on any atom is -0.458 e. The smallest absolute Gasteiger partial charge is 0.343 e. The number of aryl methyl sites for hydroxylation is 2. The molecule has 210 valence electrons. The van der Waals surface area contributed by atoms with Crippen molar-refractivity contribution in [1.29, 1.82) is 0 Å². The van der Waals surface area contributed by atoms with Crippen LogP contribution in [0.2, 0.25) is 0 Å². The molecule has 41 heavy (non-hydrogen) atoms. The van der Waals surface area contributed by atoms with Crippen LogP contribution in [-0.2, 0) is 44.3 Å². The Balaban J connectivity index is 1.31. The molecule has 3 unspecified atom stereocenters. The summed E-state index contributed by atoms with van der Waals surface area (Å²) in [6, 6.07) is 5.38. The van der Waals surface area contributed by atoms with Gasteiger partial charge in [0.2, 0.25) is 11.8 Å². The molecule has 2 aliphatic carbocycles. The summed E-state index contributed by atoms with van der Waals surface area (Å²) in [7, 11) is 0. The quantitative estimate of drug-likeness (QED) is 0.298. The van der Waals surface area contributed by atoms with E-state index in [9.17, 15) is 24.3 Å². The van der Waals surface area contributed by atoms with Gasteiger partial charge in [-0.05, 0) is 67.9 Å². The number of nitrogens with zero attached hydrogens (tertiary/aromatic N) is 3. The zero-order valence-electron chi connectivity index (χ0n) is 23.2. The fourth-order valence-corrected chi connectivity index (χ4v) is 8.28. The van der Waals surface area contributed by atoms with E-state index in [4.69, 9.17) is 9.72 Å². The summed E-state index contributed by atoms with van der Waals surface area (Å²) < 4.78 is 6.87. The molecule has 2 aromatic heterocycles. The molecule has 1 aromatic carbocycles. The number of ether oxygens (including phenoxy) is 1. The fourth-order valence-electron chi connectivity index (χ4n) is 8.28. The number of amides is 2. The number of pyridine rings is 2. The zero-order chi connectivity index (χ0) is 28.4. The highest BCUT2D eigenvalue weighted by molar-refractivity contribution is 6.06. The van der Waals surface area contributed by atoms with E-state index in [1.807, 2.05) is 19.1 Å². The molecular formula is C32H31N3O6. The number of benzene rings is 1. The Hall–Kier alpha value is -3.85. The largest absolute Gasteiger partial charge is 0.458 e. The van der Waals surface area contributed by atoms with E-state index in [1.165, 1.54) is 0 Å².